The number of anilines is 1. The van der Waals surface area contributed by atoms with E-state index >= 15 is 0 Å². The van der Waals surface area contributed by atoms with Gasteiger partial charge in [0, 0.05) is 32.0 Å². The van der Waals surface area contributed by atoms with Gasteiger partial charge in [-0.2, -0.15) is 4.98 Å². The molecule has 1 aliphatic rings. The lowest BCUT2D eigenvalue weighted by Gasteiger charge is -2.36. The number of nitrogens with one attached hydrogen (secondary N) is 1. The molecule has 1 saturated heterocycles. The van der Waals surface area contributed by atoms with Crippen LogP contribution in [0.5, 0.6) is 5.88 Å². The predicted molar refractivity (Wildman–Crippen MR) is 73.3 cm³/mol. The number of hydrogen-bond acceptors (Lipinski definition) is 6. The second-order valence-corrected chi connectivity index (χ2v) is 4.79. The van der Waals surface area contributed by atoms with Gasteiger partial charge in [-0.1, -0.05) is 6.92 Å². The highest BCUT2D eigenvalue weighted by atomic mass is 16.5. The lowest BCUT2D eigenvalue weighted by Crippen LogP contribution is -2.50. The van der Waals surface area contributed by atoms with Crippen LogP contribution in [0.1, 0.15) is 26.2 Å². The van der Waals surface area contributed by atoms with Gasteiger partial charge >= 0.3 is 0 Å². The van der Waals surface area contributed by atoms with E-state index in [1.807, 2.05) is 0 Å². The Kier molecular flexibility index (Phi) is 4.93. The van der Waals surface area contributed by atoms with Gasteiger partial charge < -0.3 is 20.5 Å². The zero-order chi connectivity index (χ0) is 13.6. The van der Waals surface area contributed by atoms with Crippen LogP contribution in [0.15, 0.2) is 12.3 Å². The first-order chi connectivity index (χ1) is 9.28. The third-order valence-electron chi connectivity index (χ3n) is 3.30. The molecule has 2 heterocycles. The van der Waals surface area contributed by atoms with E-state index < -0.39 is 0 Å². The van der Waals surface area contributed by atoms with Gasteiger partial charge in [-0.15, -0.1) is 0 Å². The summed E-state index contributed by atoms with van der Waals surface area (Å²) in [6.45, 7) is 4.70. The van der Waals surface area contributed by atoms with Crippen LogP contribution in [-0.4, -0.2) is 41.9 Å². The largest absolute Gasteiger partial charge is 0.478 e. The number of nitrogens with two attached hydrogens (primary N) is 1. The molecule has 19 heavy (non-hydrogen) atoms. The van der Waals surface area contributed by atoms with Gasteiger partial charge in [0.25, 0.3) is 0 Å². The Balaban J connectivity index is 2.04. The molecule has 1 aliphatic heterocycles. The van der Waals surface area contributed by atoms with Crippen LogP contribution in [0.4, 0.5) is 5.95 Å². The summed E-state index contributed by atoms with van der Waals surface area (Å²) >= 11 is 0. The summed E-state index contributed by atoms with van der Waals surface area (Å²) in [5.74, 6) is 1.17. The van der Waals surface area contributed by atoms with Crippen molar-refractivity contribution in [2.75, 3.05) is 31.7 Å². The van der Waals surface area contributed by atoms with Crippen molar-refractivity contribution in [1.29, 1.82) is 0 Å². The maximum atomic E-state index is 5.90. The van der Waals surface area contributed by atoms with E-state index in [4.69, 9.17) is 15.2 Å². The minimum absolute atomic E-state index is 0.165. The first kappa shape index (κ1) is 14.0. The molecule has 1 aromatic rings. The summed E-state index contributed by atoms with van der Waals surface area (Å²) in [7, 11) is 0. The van der Waals surface area contributed by atoms with Crippen molar-refractivity contribution in [3.8, 4) is 5.88 Å². The molecule has 6 heteroatoms. The molecule has 2 rings (SSSR count). The molecule has 0 radical (unpaired) electrons. The van der Waals surface area contributed by atoms with Gasteiger partial charge in [-0.3, -0.25) is 0 Å². The Hall–Kier alpha value is -1.40. The van der Waals surface area contributed by atoms with Gasteiger partial charge in [0.2, 0.25) is 11.8 Å². The van der Waals surface area contributed by atoms with E-state index in [2.05, 4.69) is 22.2 Å². The fraction of sp³-hybridized carbons (Fsp3) is 0.692. The van der Waals surface area contributed by atoms with Crippen molar-refractivity contribution >= 4 is 5.95 Å². The second kappa shape index (κ2) is 6.68. The van der Waals surface area contributed by atoms with E-state index in [1.165, 1.54) is 0 Å². The second-order valence-electron chi connectivity index (χ2n) is 4.79. The van der Waals surface area contributed by atoms with Gasteiger partial charge in [0.15, 0.2) is 0 Å². The molecule has 0 atom stereocenters. The molecule has 0 spiro atoms. The summed E-state index contributed by atoms with van der Waals surface area (Å²) in [5, 5.41) is 3.35. The Labute approximate surface area is 113 Å². The Bertz CT molecular complexity index is 394. The number of nitrogens with zero attached hydrogens (tertiary/aromatic N) is 2. The number of hydrogen-bond donors (Lipinski definition) is 2. The monoisotopic (exact) mass is 266 g/mol. The molecule has 0 saturated carbocycles. The van der Waals surface area contributed by atoms with Crippen LogP contribution < -0.4 is 15.8 Å². The van der Waals surface area contributed by atoms with E-state index in [0.29, 0.717) is 25.0 Å². The zero-order valence-corrected chi connectivity index (χ0v) is 11.4. The molecule has 0 aromatic carbocycles. The summed E-state index contributed by atoms with van der Waals surface area (Å²) in [4.78, 5) is 8.59. The van der Waals surface area contributed by atoms with Gasteiger partial charge in [-0.05, 0) is 19.3 Å². The van der Waals surface area contributed by atoms with Crippen LogP contribution in [-0.2, 0) is 4.74 Å². The van der Waals surface area contributed by atoms with Crippen molar-refractivity contribution in [2.24, 2.45) is 5.73 Å². The van der Waals surface area contributed by atoms with E-state index in [0.717, 1.165) is 32.5 Å². The van der Waals surface area contributed by atoms with Crippen molar-refractivity contribution in [3.63, 3.8) is 0 Å². The highest BCUT2D eigenvalue weighted by molar-refractivity contribution is 5.32. The average molecular weight is 266 g/mol. The first-order valence-corrected chi connectivity index (χ1v) is 6.80. The molecule has 1 fully saturated rings. The average Bonchev–Trinajstić information content (AvgIpc) is 2.46. The Morgan fingerprint density at radius 1 is 1.47 bits per heavy atom. The van der Waals surface area contributed by atoms with Crippen LogP contribution in [0, 0.1) is 0 Å². The molecule has 0 amide bonds. The third kappa shape index (κ3) is 3.78. The minimum atomic E-state index is -0.165. The van der Waals surface area contributed by atoms with Gasteiger partial charge in [0.1, 0.15) is 0 Å². The summed E-state index contributed by atoms with van der Waals surface area (Å²) in [6, 6.07) is 1.76. The quantitative estimate of drug-likeness (QED) is 0.804. The molecule has 6 nitrogen and oxygen atoms in total. The first-order valence-electron chi connectivity index (χ1n) is 6.80. The molecule has 0 unspecified atom stereocenters. The highest BCUT2D eigenvalue weighted by Crippen LogP contribution is 2.24. The molecule has 1 aromatic heterocycles. The smallest absolute Gasteiger partial charge is 0.226 e. The highest BCUT2D eigenvalue weighted by Gasteiger charge is 2.31. The van der Waals surface area contributed by atoms with E-state index in [-0.39, 0.29) is 5.54 Å². The Morgan fingerprint density at radius 3 is 2.95 bits per heavy atom. The summed E-state index contributed by atoms with van der Waals surface area (Å²) in [5.41, 5.74) is 5.73. The van der Waals surface area contributed by atoms with Crippen LogP contribution in [0.25, 0.3) is 0 Å². The normalized spacial score (nSPS) is 18.0. The molecular weight excluding hydrogens is 244 g/mol. The van der Waals surface area contributed by atoms with Crippen LogP contribution in [0.3, 0.4) is 0 Å². The fourth-order valence-electron chi connectivity index (χ4n) is 2.07. The van der Waals surface area contributed by atoms with Crippen molar-refractivity contribution in [1.82, 2.24) is 9.97 Å². The topological polar surface area (TPSA) is 82.3 Å². The lowest BCUT2D eigenvalue weighted by atomic mass is 9.90. The molecule has 106 valence electrons. The number of aromatic nitrogens is 2. The van der Waals surface area contributed by atoms with Crippen LogP contribution in [0.2, 0.25) is 0 Å². The van der Waals surface area contributed by atoms with E-state index in [9.17, 15) is 0 Å². The number of rotatable bonds is 6. The molecule has 0 aliphatic carbocycles. The minimum Gasteiger partial charge on any atom is -0.478 e. The van der Waals surface area contributed by atoms with Crippen molar-refractivity contribution in [3.05, 3.63) is 12.3 Å². The maximum Gasteiger partial charge on any atom is 0.226 e. The maximum absolute atomic E-state index is 5.90. The fourth-order valence-corrected chi connectivity index (χ4v) is 2.07. The lowest BCUT2D eigenvalue weighted by molar-refractivity contribution is 0.0625. The van der Waals surface area contributed by atoms with Gasteiger partial charge in [-0.25, -0.2) is 4.98 Å². The molecular formula is C13H22N4O2. The van der Waals surface area contributed by atoms with Crippen molar-refractivity contribution in [2.45, 2.75) is 31.7 Å². The zero-order valence-electron chi connectivity index (χ0n) is 11.4. The Morgan fingerprint density at radius 2 is 2.26 bits per heavy atom. The molecule has 0 bridgehead atoms. The predicted octanol–water partition coefficient (Wildman–Crippen LogP) is 1.19. The molecule has 3 N–H and O–H groups in total. The summed E-state index contributed by atoms with van der Waals surface area (Å²) in [6.07, 6.45) is 4.39. The SMILES string of the molecule is CCCOc1ccnc(NC2(CN)CCOCC2)n1. The summed E-state index contributed by atoms with van der Waals surface area (Å²) < 4.78 is 10.9. The van der Waals surface area contributed by atoms with Crippen LogP contribution >= 0.6 is 0 Å². The van der Waals surface area contributed by atoms with E-state index in [1.54, 1.807) is 12.3 Å². The third-order valence-corrected chi connectivity index (χ3v) is 3.30. The van der Waals surface area contributed by atoms with Crippen molar-refractivity contribution < 1.29 is 9.47 Å². The van der Waals surface area contributed by atoms with Gasteiger partial charge in [0.05, 0.1) is 12.1 Å². The standard InChI is InChI=1S/C13H22N4O2/c1-2-7-19-11-3-6-15-12(16-11)17-13(10-14)4-8-18-9-5-13/h3,6H,2,4-5,7-10,14H2,1H3,(H,15,16,17). The number of ether oxygens (including phenoxy) is 2.